The molecule has 29 heavy (non-hydrogen) atoms. The zero-order valence-corrected chi connectivity index (χ0v) is 17.5. The van der Waals surface area contributed by atoms with E-state index in [1.54, 1.807) is 12.1 Å². The van der Waals surface area contributed by atoms with Crippen molar-refractivity contribution in [1.29, 1.82) is 0 Å². The molecule has 2 aromatic carbocycles. The molecule has 0 saturated carbocycles. The van der Waals surface area contributed by atoms with Crippen LogP contribution in [0, 0.1) is 0 Å². The monoisotopic (exact) mass is 399 g/mol. The van der Waals surface area contributed by atoms with Gasteiger partial charge in [-0.2, -0.15) is 0 Å². The smallest absolute Gasteiger partial charge is 0.255 e. The second-order valence-electron chi connectivity index (χ2n) is 6.81. The summed E-state index contributed by atoms with van der Waals surface area (Å²) in [6, 6.07) is 11.2. The molecule has 1 N–H and O–H groups in total. The summed E-state index contributed by atoms with van der Waals surface area (Å²) in [6.45, 7) is 7.15. The molecule has 0 radical (unpaired) electrons. The van der Waals surface area contributed by atoms with E-state index in [0.29, 0.717) is 22.8 Å². The number of piperazine rings is 1. The van der Waals surface area contributed by atoms with Crippen molar-refractivity contribution in [2.75, 3.05) is 64.3 Å². The third kappa shape index (κ3) is 4.56. The Balaban J connectivity index is 1.83. The lowest BCUT2D eigenvalue weighted by Crippen LogP contribution is -2.46. The molecule has 1 amide bonds. The average molecular weight is 399 g/mol. The van der Waals surface area contributed by atoms with Crippen LogP contribution in [0.2, 0.25) is 0 Å². The fourth-order valence-corrected chi connectivity index (χ4v) is 3.57. The standard InChI is InChI=1S/C22H29N3O4/c1-5-24-10-12-25(13-11-24)18-9-7-6-8-17(18)23-22(26)16-14-19(27-2)21(29-4)20(15-16)28-3/h6-9,14-15H,5,10-13H2,1-4H3,(H,23,26). The van der Waals surface area contributed by atoms with E-state index in [-0.39, 0.29) is 5.91 Å². The lowest BCUT2D eigenvalue weighted by molar-refractivity contribution is 0.102. The molecule has 1 aliphatic rings. The second kappa shape index (κ2) is 9.52. The van der Waals surface area contributed by atoms with E-state index >= 15 is 0 Å². The van der Waals surface area contributed by atoms with Gasteiger partial charge in [-0.3, -0.25) is 4.79 Å². The van der Waals surface area contributed by atoms with Gasteiger partial charge in [0.2, 0.25) is 5.75 Å². The number of hydrogen-bond acceptors (Lipinski definition) is 6. The van der Waals surface area contributed by atoms with Gasteiger partial charge in [0.05, 0.1) is 32.7 Å². The normalized spacial score (nSPS) is 14.4. The van der Waals surface area contributed by atoms with Gasteiger partial charge in [-0.25, -0.2) is 0 Å². The zero-order chi connectivity index (χ0) is 20.8. The predicted octanol–water partition coefficient (Wildman–Crippen LogP) is 3.11. The van der Waals surface area contributed by atoms with E-state index in [2.05, 4.69) is 22.0 Å². The van der Waals surface area contributed by atoms with Crippen LogP contribution in [-0.2, 0) is 0 Å². The highest BCUT2D eigenvalue weighted by Gasteiger charge is 2.21. The molecule has 1 aliphatic heterocycles. The molecule has 0 unspecified atom stereocenters. The third-order valence-corrected chi connectivity index (χ3v) is 5.24. The first-order valence-electron chi connectivity index (χ1n) is 9.79. The molecule has 156 valence electrons. The van der Waals surface area contributed by atoms with Crippen molar-refractivity contribution in [3.05, 3.63) is 42.0 Å². The minimum Gasteiger partial charge on any atom is -0.493 e. The van der Waals surface area contributed by atoms with Gasteiger partial charge in [0.15, 0.2) is 11.5 Å². The number of ether oxygens (including phenoxy) is 3. The van der Waals surface area contributed by atoms with Gasteiger partial charge in [-0.05, 0) is 30.8 Å². The first kappa shape index (κ1) is 20.8. The van der Waals surface area contributed by atoms with Crippen molar-refractivity contribution in [1.82, 2.24) is 4.90 Å². The summed E-state index contributed by atoms with van der Waals surface area (Å²) < 4.78 is 16.1. The van der Waals surface area contributed by atoms with Crippen LogP contribution >= 0.6 is 0 Å². The van der Waals surface area contributed by atoms with Crippen LogP contribution in [0.1, 0.15) is 17.3 Å². The van der Waals surface area contributed by atoms with Crippen molar-refractivity contribution in [2.24, 2.45) is 0 Å². The number of methoxy groups -OCH3 is 3. The summed E-state index contributed by atoms with van der Waals surface area (Å²) >= 11 is 0. The molecular weight excluding hydrogens is 370 g/mol. The van der Waals surface area contributed by atoms with Gasteiger partial charge in [0.1, 0.15) is 0 Å². The molecule has 0 aromatic heterocycles. The lowest BCUT2D eigenvalue weighted by Gasteiger charge is -2.36. The van der Waals surface area contributed by atoms with E-state index in [1.807, 2.05) is 24.3 Å². The van der Waals surface area contributed by atoms with Crippen molar-refractivity contribution in [3.63, 3.8) is 0 Å². The first-order chi connectivity index (χ1) is 14.1. The van der Waals surface area contributed by atoms with Crippen molar-refractivity contribution in [2.45, 2.75) is 6.92 Å². The van der Waals surface area contributed by atoms with Gasteiger partial charge < -0.3 is 29.3 Å². The quantitative estimate of drug-likeness (QED) is 0.772. The van der Waals surface area contributed by atoms with E-state index in [9.17, 15) is 4.79 Å². The Morgan fingerprint density at radius 2 is 1.59 bits per heavy atom. The van der Waals surface area contributed by atoms with Gasteiger partial charge >= 0.3 is 0 Å². The molecule has 0 atom stereocenters. The Bertz CT molecular complexity index is 823. The van der Waals surface area contributed by atoms with Crippen LogP contribution in [0.25, 0.3) is 0 Å². The van der Waals surface area contributed by atoms with Gasteiger partial charge in [0, 0.05) is 31.7 Å². The minimum absolute atomic E-state index is 0.233. The summed E-state index contributed by atoms with van der Waals surface area (Å²) in [7, 11) is 4.60. The Hall–Kier alpha value is -2.93. The Morgan fingerprint density at radius 1 is 0.966 bits per heavy atom. The number of benzene rings is 2. The fraction of sp³-hybridized carbons (Fsp3) is 0.409. The Morgan fingerprint density at radius 3 is 2.14 bits per heavy atom. The minimum atomic E-state index is -0.233. The Kier molecular flexibility index (Phi) is 6.82. The summed E-state index contributed by atoms with van der Waals surface area (Å²) in [6.07, 6.45) is 0. The topological polar surface area (TPSA) is 63.3 Å². The number of rotatable bonds is 7. The maximum atomic E-state index is 13.0. The lowest BCUT2D eigenvalue weighted by atomic mass is 10.1. The number of amides is 1. The number of para-hydroxylation sites is 2. The number of carbonyl (C=O) groups is 1. The van der Waals surface area contributed by atoms with Crippen LogP contribution in [-0.4, -0.2) is 64.9 Å². The van der Waals surface area contributed by atoms with Gasteiger partial charge in [-0.1, -0.05) is 19.1 Å². The van der Waals surface area contributed by atoms with Gasteiger partial charge in [0.25, 0.3) is 5.91 Å². The van der Waals surface area contributed by atoms with E-state index in [1.165, 1.54) is 21.3 Å². The molecule has 2 aromatic rings. The largest absolute Gasteiger partial charge is 0.493 e. The molecule has 1 fully saturated rings. The maximum Gasteiger partial charge on any atom is 0.255 e. The molecule has 7 nitrogen and oxygen atoms in total. The number of nitrogens with one attached hydrogen (secondary N) is 1. The zero-order valence-electron chi connectivity index (χ0n) is 17.5. The van der Waals surface area contributed by atoms with Crippen molar-refractivity contribution >= 4 is 17.3 Å². The SMILES string of the molecule is CCN1CCN(c2ccccc2NC(=O)c2cc(OC)c(OC)c(OC)c2)CC1. The van der Waals surface area contributed by atoms with E-state index < -0.39 is 0 Å². The van der Waals surface area contributed by atoms with E-state index in [0.717, 1.165) is 44.1 Å². The first-order valence-corrected chi connectivity index (χ1v) is 9.79. The molecule has 1 saturated heterocycles. The summed E-state index contributed by atoms with van der Waals surface area (Å²) in [5.41, 5.74) is 2.25. The van der Waals surface area contributed by atoms with Crippen LogP contribution in [0.4, 0.5) is 11.4 Å². The van der Waals surface area contributed by atoms with E-state index in [4.69, 9.17) is 14.2 Å². The van der Waals surface area contributed by atoms with Crippen LogP contribution in [0.15, 0.2) is 36.4 Å². The summed E-state index contributed by atoms with van der Waals surface area (Å²) in [5, 5.41) is 3.04. The second-order valence-corrected chi connectivity index (χ2v) is 6.81. The van der Waals surface area contributed by atoms with Gasteiger partial charge in [-0.15, -0.1) is 0 Å². The highest BCUT2D eigenvalue weighted by molar-refractivity contribution is 6.06. The van der Waals surface area contributed by atoms with Crippen molar-refractivity contribution in [3.8, 4) is 17.2 Å². The van der Waals surface area contributed by atoms with Crippen LogP contribution < -0.4 is 24.4 Å². The summed E-state index contributed by atoms with van der Waals surface area (Å²) in [5.74, 6) is 1.12. The number of hydrogen-bond donors (Lipinski definition) is 1. The van der Waals surface area contributed by atoms with Crippen molar-refractivity contribution < 1.29 is 19.0 Å². The number of anilines is 2. The van der Waals surface area contributed by atoms with Crippen LogP contribution in [0.5, 0.6) is 17.2 Å². The molecule has 7 heteroatoms. The molecule has 0 spiro atoms. The average Bonchev–Trinajstić information content (AvgIpc) is 2.78. The summed E-state index contributed by atoms with van der Waals surface area (Å²) in [4.78, 5) is 17.7. The number of likely N-dealkylation sites (N-methyl/N-ethyl adjacent to an activating group) is 1. The number of nitrogens with zero attached hydrogens (tertiary/aromatic N) is 2. The maximum absolute atomic E-state index is 13.0. The predicted molar refractivity (Wildman–Crippen MR) is 115 cm³/mol. The molecule has 3 rings (SSSR count). The fourth-order valence-electron chi connectivity index (χ4n) is 3.57. The van der Waals surface area contributed by atoms with Crippen LogP contribution in [0.3, 0.4) is 0 Å². The molecule has 0 bridgehead atoms. The molecular formula is C22H29N3O4. The molecule has 0 aliphatic carbocycles. The Labute approximate surface area is 172 Å². The molecule has 1 heterocycles. The third-order valence-electron chi connectivity index (χ3n) is 5.24. The number of carbonyl (C=O) groups excluding carboxylic acids is 1. The highest BCUT2D eigenvalue weighted by Crippen LogP contribution is 2.38. The highest BCUT2D eigenvalue weighted by atomic mass is 16.5.